The Labute approximate surface area is 565 Å². The summed E-state index contributed by atoms with van der Waals surface area (Å²) in [5.41, 5.74) is 0.317. The highest BCUT2D eigenvalue weighted by Gasteiger charge is 2.46. The van der Waals surface area contributed by atoms with E-state index in [1.807, 2.05) is 0 Å². The van der Waals surface area contributed by atoms with Gasteiger partial charge < -0.3 is 92.7 Å². The Kier molecular flexibility index (Phi) is 50.5. The van der Waals surface area contributed by atoms with Crippen LogP contribution >= 0.6 is 0 Å². The van der Waals surface area contributed by atoms with Crippen LogP contribution in [0, 0.1) is 5.92 Å². The average molecular weight is 1500 g/mol. The van der Waals surface area contributed by atoms with E-state index in [1.54, 1.807) is 0 Å². The number of aliphatic hydroxyl groups excluding tert-OH is 8. The number of hydrogen-bond donors (Lipinski definition) is 8. The van der Waals surface area contributed by atoms with E-state index in [2.05, 4.69) is 197 Å². The minimum absolute atomic E-state index is 0.151. The summed E-state index contributed by atoms with van der Waals surface area (Å²) in [6, 6.07) is 2.85. The maximum atomic E-state index is 9.30. The minimum atomic E-state index is -2.28. The Morgan fingerprint density at radius 3 is 0.933 bits per heavy atom. The van der Waals surface area contributed by atoms with Crippen molar-refractivity contribution in [2.45, 2.75) is 290 Å². The summed E-state index contributed by atoms with van der Waals surface area (Å²) in [5.74, 6) is 0.301. The van der Waals surface area contributed by atoms with E-state index >= 15 is 0 Å². The van der Waals surface area contributed by atoms with Gasteiger partial charge in [-0.1, -0.05) is 39.5 Å². The van der Waals surface area contributed by atoms with Crippen molar-refractivity contribution in [3.63, 3.8) is 0 Å². The third-order valence-corrected chi connectivity index (χ3v) is 51.1. The van der Waals surface area contributed by atoms with Gasteiger partial charge in [0.1, 0.15) is 24.4 Å². The van der Waals surface area contributed by atoms with Gasteiger partial charge in [-0.2, -0.15) is 0 Å². The smallest absolute Gasteiger partial charge is 0.317 e. The molecule has 0 fully saturated rings. The number of unbranched alkanes of at least 4 members (excludes halogenated alkanes) is 4. The molecule has 0 aliphatic carbocycles. The van der Waals surface area contributed by atoms with E-state index in [4.69, 9.17) is 77.4 Å². The van der Waals surface area contributed by atoms with Crippen LogP contribution in [0.3, 0.4) is 0 Å². The molecule has 0 saturated carbocycles. The molecule has 0 aromatic heterocycles. The van der Waals surface area contributed by atoms with Gasteiger partial charge in [0.15, 0.2) is 66.5 Å². The maximum Gasteiger partial charge on any atom is 0.317 e. The van der Waals surface area contributed by atoms with Crippen LogP contribution in [0.15, 0.2) is 0 Å². The standard InChI is InChI=1S/C17H42O5Si3.2C14H36O5Si3.C13H34O5Si3/c1-23(2,3)21-25(7,22-24(4,5)6)14-12-10-8-9-11-13-20-16-17(19)15-18;1-13(10-17-11-14(16)9-15)12-22(8,18-20(2,3)4)19-21(5,6)7;1-13(9-10-17-12-14(16)11-15)22(8,18-20(2,3)4)19-21(5,6)7;1-19(2,3)17-21(7,18-20(4,5)6)10-8-9-16-13(11-14)12-15/h17-19H,8-16H2,1-7H3;2*13-16H,9-12H2,1-8H3;13-15H,8-12H2,1-7H3. The van der Waals surface area contributed by atoms with Crippen LogP contribution in [-0.4, -0.2) is 245 Å². The van der Waals surface area contributed by atoms with Gasteiger partial charge in [0.25, 0.3) is 0 Å². The lowest BCUT2D eigenvalue weighted by molar-refractivity contribution is -0.0195. The molecule has 0 heterocycles. The Balaban J connectivity index is -0.000000549. The molecule has 5 atom stereocenters. The molecule has 0 spiro atoms. The molecule has 32 heteroatoms. The lowest BCUT2D eigenvalue weighted by atomic mass is 10.2. The third-order valence-electron chi connectivity index (χ3n) is 11.9. The van der Waals surface area contributed by atoms with Gasteiger partial charge >= 0.3 is 34.2 Å². The fourth-order valence-corrected chi connectivity index (χ4v) is 60.5. The van der Waals surface area contributed by atoms with Crippen molar-refractivity contribution in [2.24, 2.45) is 5.92 Å². The largest absolute Gasteiger partial charge is 0.437 e. The Hall–Kier alpha value is 1.80. The zero-order chi connectivity index (χ0) is 71.5. The molecule has 90 heavy (non-hydrogen) atoms. The van der Waals surface area contributed by atoms with Gasteiger partial charge in [-0.3, -0.25) is 0 Å². The van der Waals surface area contributed by atoms with Crippen molar-refractivity contribution >= 4 is 101 Å². The van der Waals surface area contributed by atoms with Crippen LogP contribution in [0.25, 0.3) is 0 Å². The zero-order valence-corrected chi connectivity index (χ0v) is 75.5. The summed E-state index contributed by atoms with van der Waals surface area (Å²) in [5, 5.41) is 72.0. The van der Waals surface area contributed by atoms with E-state index < -0.39 is 125 Å². The first-order valence-electron chi connectivity index (χ1n) is 33.4. The lowest BCUT2D eigenvalue weighted by Gasteiger charge is -2.42. The molecule has 548 valence electrons. The van der Waals surface area contributed by atoms with Crippen molar-refractivity contribution in [1.82, 2.24) is 0 Å². The fraction of sp³-hybridized carbons (Fsp3) is 1.00. The summed E-state index contributed by atoms with van der Waals surface area (Å²) in [4.78, 5) is 0. The van der Waals surface area contributed by atoms with Crippen molar-refractivity contribution in [1.29, 1.82) is 0 Å². The number of rotatable bonds is 48. The highest BCUT2D eigenvalue weighted by molar-refractivity contribution is 6.90. The molecule has 0 aromatic carbocycles. The molecule has 0 saturated heterocycles. The first kappa shape index (κ1) is 98.2. The summed E-state index contributed by atoms with van der Waals surface area (Å²) in [6.07, 6.45) is 4.55. The molecule has 0 bridgehead atoms. The van der Waals surface area contributed by atoms with Crippen LogP contribution in [0.4, 0.5) is 0 Å². The highest BCUT2D eigenvalue weighted by atomic mass is 28.5. The van der Waals surface area contributed by atoms with Crippen molar-refractivity contribution < 1.29 is 92.7 Å². The minimum Gasteiger partial charge on any atom is -0.437 e. The van der Waals surface area contributed by atoms with E-state index in [-0.39, 0.29) is 52.9 Å². The second kappa shape index (κ2) is 46.3. The predicted octanol–water partition coefficient (Wildman–Crippen LogP) is 12.3. The van der Waals surface area contributed by atoms with Crippen molar-refractivity contribution in [3.8, 4) is 0 Å². The fourth-order valence-electron chi connectivity index (χ4n) is 9.88. The molecular formula is C58H148O20Si12. The van der Waals surface area contributed by atoms with Crippen LogP contribution in [0.1, 0.15) is 58.8 Å². The molecule has 5 unspecified atom stereocenters. The number of aliphatic hydroxyl groups is 8. The first-order valence-corrected chi connectivity index (χ1v) is 70.6. The molecule has 0 aliphatic rings. The number of ether oxygens (including phenoxy) is 4. The molecule has 0 amide bonds. The monoisotopic (exact) mass is 1500 g/mol. The van der Waals surface area contributed by atoms with Gasteiger partial charge in [-0.25, -0.2) is 0 Å². The van der Waals surface area contributed by atoms with E-state index in [9.17, 15) is 15.3 Å². The summed E-state index contributed by atoms with van der Waals surface area (Å²) in [6.45, 7) is 67.9. The Morgan fingerprint density at radius 1 is 0.300 bits per heavy atom. The van der Waals surface area contributed by atoms with E-state index in [0.717, 1.165) is 43.8 Å². The lowest BCUT2D eigenvalue weighted by Crippen LogP contribution is -2.55. The molecule has 0 radical (unpaired) electrons. The topological polar surface area (TPSA) is 273 Å². The third kappa shape index (κ3) is 64.5. The van der Waals surface area contributed by atoms with Crippen molar-refractivity contribution in [2.75, 3.05) is 79.3 Å². The molecule has 0 aromatic rings. The van der Waals surface area contributed by atoms with Crippen molar-refractivity contribution in [3.05, 3.63) is 0 Å². The molecule has 0 rings (SSSR count). The van der Waals surface area contributed by atoms with Gasteiger partial charge in [-0.15, -0.1) is 0 Å². The maximum absolute atomic E-state index is 9.30. The van der Waals surface area contributed by atoms with E-state index in [1.165, 1.54) is 19.3 Å². The zero-order valence-electron chi connectivity index (χ0n) is 63.5. The van der Waals surface area contributed by atoms with Crippen LogP contribution in [0.2, 0.25) is 207 Å². The summed E-state index contributed by atoms with van der Waals surface area (Å²) >= 11 is 0. The van der Waals surface area contributed by atoms with Gasteiger partial charge in [0.2, 0.25) is 0 Å². The van der Waals surface area contributed by atoms with Crippen LogP contribution < -0.4 is 0 Å². The first-order chi connectivity index (χ1) is 40.3. The molecule has 8 N–H and O–H groups in total. The molecule has 0 aliphatic heterocycles. The van der Waals surface area contributed by atoms with Crippen LogP contribution in [0.5, 0.6) is 0 Å². The average Bonchev–Trinajstić information content (AvgIpc) is 0.978. The van der Waals surface area contributed by atoms with E-state index in [0.29, 0.717) is 37.9 Å². The normalized spacial score (nSPS) is 15.5. The van der Waals surface area contributed by atoms with Crippen LogP contribution in [-0.2, 0) is 51.9 Å². The second-order valence-electron chi connectivity index (χ2n) is 32.8. The number of hydrogen-bond acceptors (Lipinski definition) is 20. The summed E-state index contributed by atoms with van der Waals surface area (Å²) < 4.78 is 73.4. The van der Waals surface area contributed by atoms with Gasteiger partial charge in [0.05, 0.1) is 52.9 Å². The summed E-state index contributed by atoms with van der Waals surface area (Å²) in [7, 11) is -22.0. The second-order valence-corrected chi connectivity index (χ2v) is 84.4. The van der Waals surface area contributed by atoms with Gasteiger partial charge in [0, 0.05) is 32.0 Å². The van der Waals surface area contributed by atoms with Gasteiger partial charge in [-0.05, 0) is 227 Å². The highest BCUT2D eigenvalue weighted by Crippen LogP contribution is 2.34. The predicted molar refractivity (Wildman–Crippen MR) is 403 cm³/mol. The molecular weight excluding hydrogens is 1350 g/mol. The molecule has 20 nitrogen and oxygen atoms in total. The Morgan fingerprint density at radius 2 is 0.600 bits per heavy atom. The Bertz CT molecular complexity index is 1690. The quantitative estimate of drug-likeness (QED) is 0.0208. The SMILES string of the molecule is CC(CCOCC(O)CO)[Si](C)(O[Si](C)(C)C)O[Si](C)(C)C.CC(COCC(O)CO)C[Si](C)(O[Si](C)(C)C)O[Si](C)(C)C.C[Si](C)(C)O[Si](C)(CCCCCCCOCC(O)CO)O[Si](C)(C)C.C[Si](C)(C)O[Si](C)(CCCOC(CO)CO)O[Si](C)(C)C.